The van der Waals surface area contributed by atoms with E-state index in [-0.39, 0.29) is 5.91 Å². The number of aryl methyl sites for hydroxylation is 1. The molecule has 134 valence electrons. The number of ether oxygens (including phenoxy) is 2. The number of hydrogen-bond acceptors (Lipinski definition) is 3. The molecule has 0 atom stereocenters. The summed E-state index contributed by atoms with van der Waals surface area (Å²) in [6.45, 7) is 3.22. The number of benzene rings is 2. The third-order valence-electron chi connectivity index (χ3n) is 4.07. The van der Waals surface area contributed by atoms with Gasteiger partial charge in [0, 0.05) is 24.5 Å². The summed E-state index contributed by atoms with van der Waals surface area (Å²) in [6.07, 6.45) is 1.11. The van der Waals surface area contributed by atoms with Gasteiger partial charge >= 0.3 is 0 Å². The second-order valence-electron chi connectivity index (χ2n) is 5.73. The van der Waals surface area contributed by atoms with Crippen LogP contribution in [0, 0.1) is 0 Å². The van der Waals surface area contributed by atoms with Crippen LogP contribution >= 0.6 is 11.6 Å². The molecule has 0 aromatic heterocycles. The van der Waals surface area contributed by atoms with Gasteiger partial charge in [-0.3, -0.25) is 4.79 Å². The van der Waals surface area contributed by atoms with Crippen LogP contribution in [0.5, 0.6) is 11.5 Å². The van der Waals surface area contributed by atoms with Crippen molar-refractivity contribution in [3.63, 3.8) is 0 Å². The Morgan fingerprint density at radius 1 is 1.04 bits per heavy atom. The molecular weight excluding hydrogens is 338 g/mol. The van der Waals surface area contributed by atoms with E-state index in [9.17, 15) is 4.79 Å². The minimum atomic E-state index is 0.122. The molecule has 0 fully saturated rings. The lowest BCUT2D eigenvalue weighted by Crippen LogP contribution is -2.30. The molecule has 0 saturated heterocycles. The molecule has 0 N–H and O–H groups in total. The molecule has 2 aromatic rings. The van der Waals surface area contributed by atoms with Crippen LogP contribution in [0.15, 0.2) is 42.5 Å². The fourth-order valence-corrected chi connectivity index (χ4v) is 2.89. The van der Waals surface area contributed by atoms with E-state index >= 15 is 0 Å². The number of hydrogen-bond donors (Lipinski definition) is 0. The Kier molecular flexibility index (Phi) is 7.14. The molecule has 2 aromatic carbocycles. The van der Waals surface area contributed by atoms with Gasteiger partial charge in [-0.25, -0.2) is 0 Å². The molecule has 25 heavy (non-hydrogen) atoms. The van der Waals surface area contributed by atoms with E-state index in [4.69, 9.17) is 21.1 Å². The zero-order chi connectivity index (χ0) is 18.2. The van der Waals surface area contributed by atoms with Gasteiger partial charge in [-0.15, -0.1) is 0 Å². The van der Waals surface area contributed by atoms with Gasteiger partial charge in [0.1, 0.15) is 0 Å². The monoisotopic (exact) mass is 361 g/mol. The van der Waals surface area contributed by atoms with Crippen molar-refractivity contribution in [3.05, 3.63) is 58.6 Å². The minimum Gasteiger partial charge on any atom is -0.493 e. The highest BCUT2D eigenvalue weighted by atomic mass is 35.5. The highest BCUT2D eigenvalue weighted by Crippen LogP contribution is 2.28. The van der Waals surface area contributed by atoms with Crippen LogP contribution in [-0.2, 0) is 17.8 Å². The highest BCUT2D eigenvalue weighted by molar-refractivity contribution is 6.30. The molecule has 0 aliphatic heterocycles. The van der Waals surface area contributed by atoms with Crippen molar-refractivity contribution in [2.45, 2.75) is 26.3 Å². The van der Waals surface area contributed by atoms with E-state index in [0.717, 1.165) is 11.1 Å². The van der Waals surface area contributed by atoms with Gasteiger partial charge < -0.3 is 14.4 Å². The van der Waals surface area contributed by atoms with Crippen molar-refractivity contribution in [2.24, 2.45) is 0 Å². The number of methoxy groups -OCH3 is 2. The van der Waals surface area contributed by atoms with E-state index in [1.165, 1.54) is 0 Å². The predicted octanol–water partition coefficient (Wildman–Crippen LogP) is 4.34. The first kappa shape index (κ1) is 19.1. The number of nitrogens with zero attached hydrogens (tertiary/aromatic N) is 1. The fraction of sp³-hybridized carbons (Fsp3) is 0.350. The van der Waals surface area contributed by atoms with E-state index in [0.29, 0.717) is 42.5 Å². The van der Waals surface area contributed by atoms with Crippen molar-refractivity contribution < 1.29 is 14.3 Å². The standard InChI is InChI=1S/C20H24ClNO3/c1-4-22(14-16-6-5-7-17(21)12-16)20(23)11-9-15-8-10-18(24-2)19(13-15)25-3/h5-8,10,12-13H,4,9,11,14H2,1-3H3. The first-order valence-electron chi connectivity index (χ1n) is 8.30. The van der Waals surface area contributed by atoms with Gasteiger partial charge in [0.15, 0.2) is 11.5 Å². The Morgan fingerprint density at radius 2 is 1.80 bits per heavy atom. The Bertz CT molecular complexity index is 718. The maximum atomic E-state index is 12.6. The van der Waals surface area contributed by atoms with Gasteiger partial charge in [0.2, 0.25) is 5.91 Å². The summed E-state index contributed by atoms with van der Waals surface area (Å²) in [7, 11) is 3.21. The second-order valence-corrected chi connectivity index (χ2v) is 6.16. The lowest BCUT2D eigenvalue weighted by atomic mass is 10.1. The molecule has 0 aliphatic carbocycles. The third-order valence-corrected chi connectivity index (χ3v) is 4.31. The Hall–Kier alpha value is -2.20. The number of amides is 1. The zero-order valence-electron chi connectivity index (χ0n) is 14.9. The van der Waals surface area contributed by atoms with Gasteiger partial charge in [0.05, 0.1) is 14.2 Å². The van der Waals surface area contributed by atoms with E-state index < -0.39 is 0 Å². The normalized spacial score (nSPS) is 10.4. The molecular formula is C20H24ClNO3. The molecule has 0 unspecified atom stereocenters. The number of halogens is 1. The molecule has 0 saturated carbocycles. The van der Waals surface area contributed by atoms with E-state index in [1.54, 1.807) is 14.2 Å². The lowest BCUT2D eigenvalue weighted by Gasteiger charge is -2.21. The van der Waals surface area contributed by atoms with Crippen molar-refractivity contribution in [1.29, 1.82) is 0 Å². The molecule has 0 radical (unpaired) electrons. The molecule has 2 rings (SSSR count). The predicted molar refractivity (Wildman–Crippen MR) is 100 cm³/mol. The quantitative estimate of drug-likeness (QED) is 0.702. The van der Waals surface area contributed by atoms with Crippen molar-refractivity contribution >= 4 is 17.5 Å². The smallest absolute Gasteiger partial charge is 0.223 e. The molecule has 0 aliphatic rings. The highest BCUT2D eigenvalue weighted by Gasteiger charge is 2.13. The summed E-state index contributed by atoms with van der Waals surface area (Å²) < 4.78 is 10.5. The third kappa shape index (κ3) is 5.40. The lowest BCUT2D eigenvalue weighted by molar-refractivity contribution is -0.131. The Balaban J connectivity index is 1.98. The topological polar surface area (TPSA) is 38.8 Å². The minimum absolute atomic E-state index is 0.122. The van der Waals surface area contributed by atoms with Crippen molar-refractivity contribution in [1.82, 2.24) is 4.90 Å². The molecule has 0 bridgehead atoms. The first-order valence-corrected chi connectivity index (χ1v) is 8.68. The van der Waals surface area contributed by atoms with Gasteiger partial charge in [0.25, 0.3) is 0 Å². The summed E-state index contributed by atoms with van der Waals surface area (Å²) in [5.74, 6) is 1.49. The number of rotatable bonds is 8. The first-order chi connectivity index (χ1) is 12.1. The average molecular weight is 362 g/mol. The fourth-order valence-electron chi connectivity index (χ4n) is 2.68. The summed E-state index contributed by atoms with van der Waals surface area (Å²) in [4.78, 5) is 14.4. The van der Waals surface area contributed by atoms with Crippen LogP contribution in [0.4, 0.5) is 0 Å². The number of carbonyl (C=O) groups excluding carboxylic acids is 1. The Labute approximate surface area is 154 Å². The average Bonchev–Trinajstić information content (AvgIpc) is 2.63. The van der Waals surface area contributed by atoms with Crippen LogP contribution in [0.1, 0.15) is 24.5 Å². The Morgan fingerprint density at radius 3 is 2.44 bits per heavy atom. The van der Waals surface area contributed by atoms with Gasteiger partial charge in [-0.1, -0.05) is 29.8 Å². The summed E-state index contributed by atoms with van der Waals surface area (Å²) >= 11 is 6.02. The van der Waals surface area contributed by atoms with Crippen molar-refractivity contribution in [2.75, 3.05) is 20.8 Å². The van der Waals surface area contributed by atoms with Gasteiger partial charge in [-0.05, 0) is 48.7 Å². The van der Waals surface area contributed by atoms with Crippen molar-refractivity contribution in [3.8, 4) is 11.5 Å². The summed E-state index contributed by atoms with van der Waals surface area (Å²) in [5, 5.41) is 0.686. The molecule has 1 amide bonds. The molecule has 4 nitrogen and oxygen atoms in total. The maximum Gasteiger partial charge on any atom is 0.223 e. The summed E-state index contributed by atoms with van der Waals surface area (Å²) in [6, 6.07) is 13.4. The van der Waals surface area contributed by atoms with Crippen LogP contribution in [0.25, 0.3) is 0 Å². The van der Waals surface area contributed by atoms with E-state index in [1.807, 2.05) is 54.3 Å². The molecule has 0 spiro atoms. The number of carbonyl (C=O) groups is 1. The van der Waals surface area contributed by atoms with Crippen LogP contribution in [0.3, 0.4) is 0 Å². The SMILES string of the molecule is CCN(Cc1cccc(Cl)c1)C(=O)CCc1ccc(OC)c(OC)c1. The van der Waals surface area contributed by atoms with Crippen LogP contribution in [0.2, 0.25) is 5.02 Å². The van der Waals surface area contributed by atoms with Crippen LogP contribution < -0.4 is 9.47 Å². The van der Waals surface area contributed by atoms with Gasteiger partial charge in [-0.2, -0.15) is 0 Å². The van der Waals surface area contributed by atoms with Crippen LogP contribution in [-0.4, -0.2) is 31.6 Å². The maximum absolute atomic E-state index is 12.6. The zero-order valence-corrected chi connectivity index (χ0v) is 15.7. The van der Waals surface area contributed by atoms with E-state index in [2.05, 4.69) is 0 Å². The molecule has 0 heterocycles. The molecule has 5 heteroatoms. The largest absolute Gasteiger partial charge is 0.493 e. The summed E-state index contributed by atoms with van der Waals surface area (Å²) in [5.41, 5.74) is 2.08. The second kappa shape index (κ2) is 9.33.